The summed E-state index contributed by atoms with van der Waals surface area (Å²) in [5, 5.41) is 0. The fourth-order valence-corrected chi connectivity index (χ4v) is 0. The van der Waals surface area contributed by atoms with E-state index in [4.69, 9.17) is 0 Å². The molecule has 0 saturated carbocycles. The average molecular weight is 989 g/mol. The van der Waals surface area contributed by atoms with Gasteiger partial charge in [0, 0.05) is 0 Å². The van der Waals surface area contributed by atoms with E-state index in [1.165, 1.54) is 6.92 Å². The molecule has 0 aromatic heterocycles. The van der Waals surface area contributed by atoms with Crippen LogP contribution >= 0.6 is 0 Å². The van der Waals surface area contributed by atoms with Crippen LogP contribution in [0.5, 0.6) is 0 Å². The number of Topliss-reactive ketones (excluding diaryl/α,β-unsaturated/α-hetero) is 1. The second-order valence-corrected chi connectivity index (χ2v) is 1.39. The number of carbonyl (C=O) groups is 1. The Morgan fingerprint density at radius 1 is 1.20 bits per heavy atom. The molecule has 0 rings (SSSR count). The third-order valence-corrected chi connectivity index (χ3v) is 1.18. The summed E-state index contributed by atoms with van der Waals surface area (Å²) in [7, 11) is 0. The van der Waals surface area contributed by atoms with Crippen LogP contribution < -0.4 is 0 Å². The van der Waals surface area contributed by atoms with Gasteiger partial charge in [-0.3, -0.25) is 0 Å². The maximum absolute atomic E-state index is 9.72. The van der Waals surface area contributed by atoms with Crippen molar-refractivity contribution in [3.05, 3.63) is 7.43 Å². The molecule has 0 aromatic rings. The second kappa shape index (κ2) is 29.6. The average Bonchev–Trinajstić information content (AvgIpc) is 1.97. The Kier molecular flexibility index (Phi) is 68.5. The Hall–Kier alpha value is 2.98. The first-order valence-electron chi connectivity index (χ1n) is 1.49. The van der Waals surface area contributed by atoms with E-state index in [0.29, 0.717) is 0 Å². The quantitative estimate of drug-likeness (QED) is 0.345. The summed E-state index contributed by atoms with van der Waals surface area (Å²) >= 11 is 7.77. The van der Waals surface area contributed by atoms with E-state index in [0.717, 1.165) is 19.4 Å². The van der Waals surface area contributed by atoms with Crippen LogP contribution in [0.15, 0.2) is 0 Å². The van der Waals surface area contributed by atoms with Crippen molar-refractivity contribution >= 4 is 10.2 Å². The van der Waals surface area contributed by atoms with Gasteiger partial charge < -0.3 is 7.43 Å². The van der Waals surface area contributed by atoms with E-state index >= 15 is 0 Å². The van der Waals surface area contributed by atoms with Crippen LogP contribution in [0.3, 0.4) is 0 Å². The molecule has 0 aliphatic carbocycles. The molecule has 6 heteroatoms. The molecule has 0 bridgehead atoms. The molecule has 0 fully saturated rings. The summed E-state index contributed by atoms with van der Waals surface area (Å²) in [5.41, 5.74) is 0. The van der Waals surface area contributed by atoms with Gasteiger partial charge in [0.05, 0.1) is 0 Å². The Morgan fingerprint density at radius 3 is 1.30 bits per heavy atom. The molecule has 0 radical (unpaired) electrons. The zero-order valence-electron chi connectivity index (χ0n) is 5.45. The van der Waals surface area contributed by atoms with Crippen molar-refractivity contribution in [2.24, 2.45) is 0 Å². The Bertz CT molecular complexity index is 81.7. The normalized spacial score (nSPS) is 4.10. The molecular formula is C4H6OW5-2. The van der Waals surface area contributed by atoms with Crippen molar-refractivity contribution in [2.45, 2.75) is 6.92 Å². The van der Waals surface area contributed by atoms with Crippen LogP contribution in [-0.4, -0.2) is 10.2 Å². The Balaban J connectivity index is -0.0000000315. The SMILES string of the molecule is CC(=O)[C-]=[W].[CH3-].[W]=[W].[W]=[W]. The zero-order valence-corrected chi connectivity index (χ0v) is 20.1. The molecule has 10 heavy (non-hydrogen) atoms. The van der Waals surface area contributed by atoms with Crippen molar-refractivity contribution < 1.29 is 89.0 Å². The first kappa shape index (κ1) is 23.1. The minimum atomic E-state index is 0. The molecule has 0 aliphatic heterocycles. The molecule has 0 atom stereocenters. The van der Waals surface area contributed by atoms with Crippen LogP contribution in [-0.2, 0) is 89.0 Å². The summed E-state index contributed by atoms with van der Waals surface area (Å²) in [5.74, 6) is 0.0417. The number of ketones is 1. The molecule has 0 saturated heterocycles. The van der Waals surface area contributed by atoms with E-state index in [1.807, 2.05) is 0 Å². The van der Waals surface area contributed by atoms with Crippen molar-refractivity contribution in [1.82, 2.24) is 0 Å². The van der Waals surface area contributed by atoms with Gasteiger partial charge in [-0.1, -0.05) is 0 Å². The van der Waals surface area contributed by atoms with Gasteiger partial charge in [0.2, 0.25) is 0 Å². The number of hydrogen-bond acceptors (Lipinski definition) is 1. The van der Waals surface area contributed by atoms with E-state index in [-0.39, 0.29) is 13.2 Å². The van der Waals surface area contributed by atoms with Crippen molar-refractivity contribution in [3.8, 4) is 0 Å². The van der Waals surface area contributed by atoms with Crippen LogP contribution in [0.2, 0.25) is 0 Å². The van der Waals surface area contributed by atoms with Gasteiger partial charge in [0.1, 0.15) is 0 Å². The van der Waals surface area contributed by atoms with Gasteiger partial charge in [-0.05, 0) is 0 Å². The van der Waals surface area contributed by atoms with Gasteiger partial charge in [-0.25, -0.2) is 0 Å². The van der Waals surface area contributed by atoms with Crippen LogP contribution in [0.25, 0.3) is 0 Å². The molecule has 60 valence electrons. The summed E-state index contributed by atoms with van der Waals surface area (Å²) in [6, 6.07) is 0. The Morgan fingerprint density at radius 2 is 1.30 bits per heavy atom. The molecule has 0 N–H and O–H groups in total. The van der Waals surface area contributed by atoms with E-state index < -0.39 is 0 Å². The summed E-state index contributed by atoms with van der Waals surface area (Å²) in [6.45, 7) is 1.49. The van der Waals surface area contributed by atoms with Crippen LogP contribution in [0.4, 0.5) is 0 Å². The summed E-state index contributed by atoms with van der Waals surface area (Å²) < 4.78 is 2.47. The summed E-state index contributed by atoms with van der Waals surface area (Å²) in [4.78, 5) is 9.72. The molecule has 1 nitrogen and oxygen atoms in total. The van der Waals surface area contributed by atoms with E-state index in [1.54, 1.807) is 64.9 Å². The topological polar surface area (TPSA) is 17.1 Å². The maximum atomic E-state index is 9.72. The third kappa shape index (κ3) is 44.1. The summed E-state index contributed by atoms with van der Waals surface area (Å²) in [6.07, 6.45) is 0. The predicted octanol–water partition coefficient (Wildman–Crippen LogP) is 0.242. The van der Waals surface area contributed by atoms with Gasteiger partial charge >= 0.3 is 106 Å². The minimum absolute atomic E-state index is 0. The second-order valence-electron chi connectivity index (χ2n) is 0.658. The van der Waals surface area contributed by atoms with Crippen molar-refractivity contribution in [3.63, 3.8) is 0 Å². The predicted molar refractivity (Wildman–Crippen MR) is 22.1 cm³/mol. The third-order valence-electron chi connectivity index (χ3n) is 0.144. The van der Waals surface area contributed by atoms with E-state index in [9.17, 15) is 4.79 Å². The fourth-order valence-electron chi connectivity index (χ4n) is 0. The first-order chi connectivity index (χ1) is 4.27. The monoisotopic (exact) mass is 990 g/mol. The van der Waals surface area contributed by atoms with E-state index in [2.05, 4.69) is 4.40 Å². The van der Waals surface area contributed by atoms with Gasteiger partial charge in [-0.2, -0.15) is 0 Å². The molecule has 0 aromatic carbocycles. The number of carbonyl (C=O) groups excluding carboxylic acids is 1. The standard InChI is InChI=1S/C3H3O.CH3.5W/c1-3(2)4;;;;;;/h1H3;1H3;;;;;/q2*-1;;;;;. The molecule has 0 unspecified atom stereocenters. The van der Waals surface area contributed by atoms with Crippen LogP contribution in [0, 0.1) is 7.43 Å². The van der Waals surface area contributed by atoms with Crippen LogP contribution in [0.1, 0.15) is 6.92 Å². The van der Waals surface area contributed by atoms with Gasteiger partial charge in [0.15, 0.2) is 0 Å². The Labute approximate surface area is 111 Å². The molecule has 0 heterocycles. The van der Waals surface area contributed by atoms with Crippen molar-refractivity contribution in [1.29, 1.82) is 0 Å². The van der Waals surface area contributed by atoms with Crippen molar-refractivity contribution in [2.75, 3.05) is 0 Å². The molecular weight excluding hydrogens is 983 g/mol. The molecule has 0 amide bonds. The molecule has 0 aliphatic rings. The fraction of sp³-hybridized carbons (Fsp3) is 0.250. The first-order valence-corrected chi connectivity index (χ1v) is 25.0. The zero-order chi connectivity index (χ0) is 8.28. The number of rotatable bonds is 1. The molecule has 0 spiro atoms. The van der Waals surface area contributed by atoms with Gasteiger partial charge in [-0.15, -0.1) is 0 Å². The van der Waals surface area contributed by atoms with Gasteiger partial charge in [0.25, 0.3) is 0 Å². The number of hydrogen-bond donors (Lipinski definition) is 0.